The van der Waals surface area contributed by atoms with E-state index in [2.05, 4.69) is 15.3 Å². The van der Waals surface area contributed by atoms with Gasteiger partial charge >= 0.3 is 0 Å². The van der Waals surface area contributed by atoms with Crippen LogP contribution in [0.1, 0.15) is 13.8 Å². The van der Waals surface area contributed by atoms with Crippen molar-refractivity contribution in [2.75, 3.05) is 17.2 Å². The van der Waals surface area contributed by atoms with Gasteiger partial charge in [0, 0.05) is 0 Å². The molecule has 2 heterocycles. The number of nitrogens with two attached hydrogens (primary N) is 1. The molecule has 1 saturated heterocycles. The van der Waals surface area contributed by atoms with Gasteiger partial charge in [0.05, 0.1) is 18.4 Å². The van der Waals surface area contributed by atoms with Crippen molar-refractivity contribution in [3.8, 4) is 0 Å². The topological polar surface area (TPSA) is 101 Å². The summed E-state index contributed by atoms with van der Waals surface area (Å²) in [5, 5.41) is 2.28. The van der Waals surface area contributed by atoms with Crippen LogP contribution in [0.15, 0.2) is 12.5 Å². The minimum atomic E-state index is -0.879. The number of piperazine rings is 1. The summed E-state index contributed by atoms with van der Waals surface area (Å²) in [6.07, 6.45) is 2.77. The number of imide groups is 1. The fourth-order valence-corrected chi connectivity index (χ4v) is 1.68. The van der Waals surface area contributed by atoms with Crippen molar-refractivity contribution in [3.05, 3.63) is 12.5 Å². The first kappa shape index (κ1) is 11.3. The van der Waals surface area contributed by atoms with E-state index in [1.807, 2.05) is 0 Å². The SMILES string of the molecule is CC1(C)C(=O)NC(=O)CN1c1ncncc1N. The Balaban J connectivity index is 2.46. The van der Waals surface area contributed by atoms with Gasteiger partial charge in [0.15, 0.2) is 5.82 Å². The third-order valence-electron chi connectivity index (χ3n) is 2.76. The molecule has 1 fully saturated rings. The number of hydrogen-bond donors (Lipinski definition) is 2. The van der Waals surface area contributed by atoms with Crippen LogP contribution in [0.2, 0.25) is 0 Å². The number of amides is 2. The standard InChI is InChI=1S/C10H13N5O2/c1-10(2)9(17)14-7(16)4-15(10)8-6(11)3-12-5-13-8/h3,5H,4,11H2,1-2H3,(H,14,16,17). The van der Waals surface area contributed by atoms with E-state index in [0.29, 0.717) is 11.5 Å². The molecule has 7 nitrogen and oxygen atoms in total. The van der Waals surface area contributed by atoms with E-state index in [1.54, 1.807) is 18.7 Å². The maximum absolute atomic E-state index is 11.8. The fraction of sp³-hybridized carbons (Fsp3) is 0.400. The molecule has 0 aliphatic carbocycles. The molecule has 1 aliphatic heterocycles. The van der Waals surface area contributed by atoms with Crippen LogP contribution in [0.4, 0.5) is 11.5 Å². The van der Waals surface area contributed by atoms with E-state index in [9.17, 15) is 9.59 Å². The molecule has 2 amide bonds. The van der Waals surface area contributed by atoms with Gasteiger partial charge in [0.1, 0.15) is 11.9 Å². The van der Waals surface area contributed by atoms with Gasteiger partial charge in [-0.2, -0.15) is 0 Å². The van der Waals surface area contributed by atoms with Crippen molar-refractivity contribution in [2.24, 2.45) is 0 Å². The Morgan fingerprint density at radius 2 is 2.18 bits per heavy atom. The molecule has 2 rings (SSSR count). The van der Waals surface area contributed by atoms with E-state index in [-0.39, 0.29) is 18.4 Å². The Kier molecular flexibility index (Phi) is 2.45. The van der Waals surface area contributed by atoms with Crippen molar-refractivity contribution in [1.29, 1.82) is 0 Å². The van der Waals surface area contributed by atoms with E-state index < -0.39 is 5.54 Å². The zero-order chi connectivity index (χ0) is 12.6. The number of hydrogen-bond acceptors (Lipinski definition) is 6. The first-order valence-corrected chi connectivity index (χ1v) is 5.10. The van der Waals surface area contributed by atoms with Gasteiger partial charge in [0.2, 0.25) is 5.91 Å². The van der Waals surface area contributed by atoms with Crippen LogP contribution < -0.4 is 16.0 Å². The molecule has 1 aliphatic rings. The molecule has 1 aromatic heterocycles. The Morgan fingerprint density at radius 3 is 2.82 bits per heavy atom. The molecule has 0 atom stereocenters. The van der Waals surface area contributed by atoms with Gasteiger partial charge in [0.25, 0.3) is 5.91 Å². The molecule has 0 saturated carbocycles. The lowest BCUT2D eigenvalue weighted by Gasteiger charge is -2.41. The predicted molar refractivity (Wildman–Crippen MR) is 61.0 cm³/mol. The van der Waals surface area contributed by atoms with Gasteiger partial charge in [-0.3, -0.25) is 14.9 Å². The second-order valence-electron chi connectivity index (χ2n) is 4.32. The molecule has 0 spiro atoms. The number of aromatic nitrogens is 2. The van der Waals surface area contributed by atoms with Gasteiger partial charge in [-0.15, -0.1) is 0 Å². The van der Waals surface area contributed by atoms with Crippen LogP contribution in [0, 0.1) is 0 Å². The molecule has 0 bridgehead atoms. The lowest BCUT2D eigenvalue weighted by molar-refractivity contribution is -0.135. The molecule has 0 aromatic carbocycles. The molecule has 17 heavy (non-hydrogen) atoms. The van der Waals surface area contributed by atoms with Crippen molar-refractivity contribution in [2.45, 2.75) is 19.4 Å². The van der Waals surface area contributed by atoms with E-state index in [1.165, 1.54) is 12.5 Å². The molecule has 90 valence electrons. The lowest BCUT2D eigenvalue weighted by atomic mass is 9.98. The first-order chi connectivity index (χ1) is 7.93. The first-order valence-electron chi connectivity index (χ1n) is 5.10. The number of nitrogens with one attached hydrogen (secondary N) is 1. The monoisotopic (exact) mass is 235 g/mol. The van der Waals surface area contributed by atoms with Gasteiger partial charge in [-0.1, -0.05) is 0 Å². The summed E-state index contributed by atoms with van der Waals surface area (Å²) in [5.41, 5.74) is 5.21. The predicted octanol–water partition coefficient (Wildman–Crippen LogP) is -0.700. The Bertz CT molecular complexity index is 485. The highest BCUT2D eigenvalue weighted by molar-refractivity contribution is 6.06. The van der Waals surface area contributed by atoms with E-state index in [0.717, 1.165) is 0 Å². The van der Waals surface area contributed by atoms with Crippen molar-refractivity contribution in [1.82, 2.24) is 15.3 Å². The van der Waals surface area contributed by atoms with Crippen molar-refractivity contribution in [3.63, 3.8) is 0 Å². The summed E-state index contributed by atoms with van der Waals surface area (Å²) in [4.78, 5) is 32.5. The van der Waals surface area contributed by atoms with Gasteiger partial charge < -0.3 is 10.6 Å². The van der Waals surface area contributed by atoms with Crippen LogP contribution in [0.5, 0.6) is 0 Å². The number of nitrogen functional groups attached to an aromatic ring is 1. The molecular formula is C10H13N5O2. The molecule has 0 unspecified atom stereocenters. The molecule has 7 heteroatoms. The molecule has 1 aromatic rings. The number of carbonyl (C=O) groups is 2. The summed E-state index contributed by atoms with van der Waals surface area (Å²) in [5.74, 6) is -0.340. The van der Waals surface area contributed by atoms with Crippen molar-refractivity contribution < 1.29 is 9.59 Å². The third-order valence-corrected chi connectivity index (χ3v) is 2.76. The van der Waals surface area contributed by atoms with Crippen molar-refractivity contribution >= 4 is 23.3 Å². The zero-order valence-corrected chi connectivity index (χ0v) is 9.60. The highest BCUT2D eigenvalue weighted by Crippen LogP contribution is 2.28. The van der Waals surface area contributed by atoms with Gasteiger partial charge in [-0.05, 0) is 13.8 Å². The van der Waals surface area contributed by atoms with Crippen LogP contribution >= 0.6 is 0 Å². The zero-order valence-electron chi connectivity index (χ0n) is 9.60. The third kappa shape index (κ3) is 1.79. The quantitative estimate of drug-likeness (QED) is 0.624. The van der Waals surface area contributed by atoms with E-state index in [4.69, 9.17) is 5.73 Å². The maximum Gasteiger partial charge on any atom is 0.251 e. The highest BCUT2D eigenvalue weighted by atomic mass is 16.2. The number of rotatable bonds is 1. The molecule has 3 N–H and O–H groups in total. The number of anilines is 2. The maximum atomic E-state index is 11.8. The minimum Gasteiger partial charge on any atom is -0.394 e. The molecule has 0 radical (unpaired) electrons. The summed E-state index contributed by atoms with van der Waals surface area (Å²) in [7, 11) is 0. The smallest absolute Gasteiger partial charge is 0.251 e. The largest absolute Gasteiger partial charge is 0.394 e. The summed E-state index contributed by atoms with van der Waals surface area (Å²) < 4.78 is 0. The summed E-state index contributed by atoms with van der Waals surface area (Å²) >= 11 is 0. The summed E-state index contributed by atoms with van der Waals surface area (Å²) in [6, 6.07) is 0. The number of carbonyl (C=O) groups excluding carboxylic acids is 2. The second-order valence-corrected chi connectivity index (χ2v) is 4.32. The Hall–Kier alpha value is -2.18. The van der Waals surface area contributed by atoms with Crippen LogP contribution in [0.25, 0.3) is 0 Å². The second kappa shape index (κ2) is 3.69. The highest BCUT2D eigenvalue weighted by Gasteiger charge is 2.42. The van der Waals surface area contributed by atoms with E-state index >= 15 is 0 Å². The average Bonchev–Trinajstić information content (AvgIpc) is 2.25. The Morgan fingerprint density at radius 1 is 1.47 bits per heavy atom. The van der Waals surface area contributed by atoms with Gasteiger partial charge in [-0.25, -0.2) is 9.97 Å². The minimum absolute atomic E-state index is 0.0416. The Labute approximate surface area is 98.0 Å². The normalized spacial score (nSPS) is 19.1. The van der Waals surface area contributed by atoms with Crippen LogP contribution in [0.3, 0.4) is 0 Å². The van der Waals surface area contributed by atoms with Crippen LogP contribution in [-0.2, 0) is 9.59 Å². The fourth-order valence-electron chi connectivity index (χ4n) is 1.68. The van der Waals surface area contributed by atoms with Crippen LogP contribution in [-0.4, -0.2) is 33.9 Å². The average molecular weight is 235 g/mol. The summed E-state index contributed by atoms with van der Waals surface area (Å²) in [6.45, 7) is 3.45. The lowest BCUT2D eigenvalue weighted by Crippen LogP contribution is -2.64. The number of nitrogens with zero attached hydrogens (tertiary/aromatic N) is 3. The molecular weight excluding hydrogens is 222 g/mol.